The first-order valence-corrected chi connectivity index (χ1v) is 5.81. The molecule has 1 N–H and O–H groups in total. The van der Waals surface area contributed by atoms with E-state index in [0.29, 0.717) is 6.04 Å². The molecule has 1 fully saturated rings. The number of nitrogens with zero attached hydrogens (tertiary/aromatic N) is 2. The van der Waals surface area contributed by atoms with E-state index in [9.17, 15) is 4.79 Å². The molecule has 1 aliphatic rings. The molecular weight excluding hydrogens is 204 g/mol. The van der Waals surface area contributed by atoms with Crippen molar-refractivity contribution in [2.75, 3.05) is 26.7 Å². The lowest BCUT2D eigenvalue weighted by atomic mass is 10.1. The van der Waals surface area contributed by atoms with E-state index in [-0.39, 0.29) is 12.5 Å². The molecule has 4 nitrogen and oxygen atoms in total. The third-order valence-corrected chi connectivity index (χ3v) is 3.24. The Hall–Kier alpha value is -0.870. The molecule has 0 amide bonds. The SMILES string of the molecule is C=CCN1C(C)CCN(C)CC1CC(=O)O. The maximum Gasteiger partial charge on any atom is 0.304 e. The predicted octanol–water partition coefficient (Wildman–Crippen LogP) is 1.04. The topological polar surface area (TPSA) is 43.8 Å². The zero-order chi connectivity index (χ0) is 12.1. The molecular formula is C12H22N2O2. The maximum absolute atomic E-state index is 10.9. The largest absolute Gasteiger partial charge is 0.481 e. The minimum Gasteiger partial charge on any atom is -0.481 e. The van der Waals surface area contributed by atoms with Crippen LogP contribution in [0.2, 0.25) is 0 Å². The average molecular weight is 226 g/mol. The van der Waals surface area contributed by atoms with Crippen molar-refractivity contribution in [3.05, 3.63) is 12.7 Å². The summed E-state index contributed by atoms with van der Waals surface area (Å²) in [5.41, 5.74) is 0. The van der Waals surface area contributed by atoms with Crippen LogP contribution in [0.4, 0.5) is 0 Å². The van der Waals surface area contributed by atoms with E-state index >= 15 is 0 Å². The molecule has 1 rings (SSSR count). The lowest BCUT2D eigenvalue weighted by Crippen LogP contribution is -2.45. The molecule has 0 saturated carbocycles. The van der Waals surface area contributed by atoms with Gasteiger partial charge in [-0.15, -0.1) is 6.58 Å². The highest BCUT2D eigenvalue weighted by atomic mass is 16.4. The van der Waals surface area contributed by atoms with Crippen molar-refractivity contribution < 1.29 is 9.90 Å². The van der Waals surface area contributed by atoms with E-state index in [1.165, 1.54) is 0 Å². The lowest BCUT2D eigenvalue weighted by molar-refractivity contribution is -0.138. The Morgan fingerprint density at radius 3 is 2.88 bits per heavy atom. The van der Waals surface area contributed by atoms with Gasteiger partial charge in [-0.1, -0.05) is 6.08 Å². The van der Waals surface area contributed by atoms with Crippen LogP contribution in [0.25, 0.3) is 0 Å². The van der Waals surface area contributed by atoms with E-state index < -0.39 is 5.97 Å². The molecule has 92 valence electrons. The van der Waals surface area contributed by atoms with E-state index in [4.69, 9.17) is 5.11 Å². The zero-order valence-corrected chi connectivity index (χ0v) is 10.2. The molecule has 0 bridgehead atoms. The monoisotopic (exact) mass is 226 g/mol. The summed E-state index contributed by atoms with van der Waals surface area (Å²) in [6.07, 6.45) is 3.15. The Morgan fingerprint density at radius 2 is 2.31 bits per heavy atom. The van der Waals surface area contributed by atoms with Crippen LogP contribution in [0.3, 0.4) is 0 Å². The smallest absolute Gasteiger partial charge is 0.304 e. The Labute approximate surface area is 97.5 Å². The van der Waals surface area contributed by atoms with Gasteiger partial charge in [0.2, 0.25) is 0 Å². The average Bonchev–Trinajstić information content (AvgIpc) is 2.31. The highest BCUT2D eigenvalue weighted by molar-refractivity contribution is 5.67. The van der Waals surface area contributed by atoms with Gasteiger partial charge in [-0.05, 0) is 26.9 Å². The standard InChI is InChI=1S/C12H22N2O2/c1-4-6-14-10(2)5-7-13(3)9-11(14)8-12(15)16/h4,10-11H,1,5-9H2,2-3H3,(H,15,16). The van der Waals surface area contributed by atoms with Crippen molar-refractivity contribution in [3.63, 3.8) is 0 Å². The quantitative estimate of drug-likeness (QED) is 0.727. The van der Waals surface area contributed by atoms with E-state index in [2.05, 4.69) is 30.4 Å². The van der Waals surface area contributed by atoms with Crippen LogP contribution in [0.5, 0.6) is 0 Å². The summed E-state index contributed by atoms with van der Waals surface area (Å²) < 4.78 is 0. The van der Waals surface area contributed by atoms with Crippen molar-refractivity contribution in [3.8, 4) is 0 Å². The Kier molecular flexibility index (Phi) is 4.96. The fourth-order valence-electron chi connectivity index (χ4n) is 2.35. The molecule has 0 aromatic carbocycles. The Bertz CT molecular complexity index is 255. The van der Waals surface area contributed by atoms with Gasteiger partial charge >= 0.3 is 5.97 Å². The zero-order valence-electron chi connectivity index (χ0n) is 10.2. The van der Waals surface area contributed by atoms with Crippen molar-refractivity contribution in [1.82, 2.24) is 9.80 Å². The van der Waals surface area contributed by atoms with Gasteiger partial charge in [-0.3, -0.25) is 9.69 Å². The van der Waals surface area contributed by atoms with E-state index in [1.54, 1.807) is 0 Å². The van der Waals surface area contributed by atoms with Crippen LogP contribution < -0.4 is 0 Å². The lowest BCUT2D eigenvalue weighted by Gasteiger charge is -2.33. The molecule has 1 heterocycles. The number of rotatable bonds is 4. The number of aliphatic carboxylic acids is 1. The summed E-state index contributed by atoms with van der Waals surface area (Å²) in [6.45, 7) is 8.54. The van der Waals surface area contributed by atoms with Gasteiger partial charge in [-0.25, -0.2) is 0 Å². The molecule has 0 radical (unpaired) electrons. The Morgan fingerprint density at radius 1 is 1.62 bits per heavy atom. The predicted molar refractivity (Wildman–Crippen MR) is 64.5 cm³/mol. The summed E-state index contributed by atoms with van der Waals surface area (Å²) in [7, 11) is 2.05. The number of hydrogen-bond donors (Lipinski definition) is 1. The van der Waals surface area contributed by atoms with E-state index in [0.717, 1.165) is 26.1 Å². The highest BCUT2D eigenvalue weighted by Gasteiger charge is 2.28. The summed E-state index contributed by atoms with van der Waals surface area (Å²) in [5, 5.41) is 8.95. The Balaban J connectivity index is 2.76. The molecule has 0 spiro atoms. The van der Waals surface area contributed by atoms with Gasteiger partial charge in [0, 0.05) is 25.2 Å². The summed E-state index contributed by atoms with van der Waals surface area (Å²) in [5.74, 6) is -0.721. The molecule has 1 saturated heterocycles. The molecule has 2 atom stereocenters. The minimum absolute atomic E-state index is 0.0954. The van der Waals surface area contributed by atoms with Gasteiger partial charge in [0.05, 0.1) is 6.42 Å². The van der Waals surface area contributed by atoms with Gasteiger partial charge in [0.15, 0.2) is 0 Å². The summed E-state index contributed by atoms with van der Waals surface area (Å²) in [4.78, 5) is 15.3. The van der Waals surface area contributed by atoms with Crippen LogP contribution in [0.1, 0.15) is 19.8 Å². The molecule has 0 aromatic heterocycles. The molecule has 0 aromatic rings. The van der Waals surface area contributed by atoms with Gasteiger partial charge in [0.25, 0.3) is 0 Å². The fraction of sp³-hybridized carbons (Fsp3) is 0.750. The third kappa shape index (κ3) is 3.61. The van der Waals surface area contributed by atoms with Crippen LogP contribution in [-0.2, 0) is 4.79 Å². The van der Waals surface area contributed by atoms with Crippen LogP contribution >= 0.6 is 0 Å². The number of carboxylic acid groups (broad SMARTS) is 1. The van der Waals surface area contributed by atoms with Gasteiger partial charge < -0.3 is 10.0 Å². The number of likely N-dealkylation sites (N-methyl/N-ethyl adjacent to an activating group) is 1. The first-order chi connectivity index (χ1) is 7.54. The second-order valence-electron chi connectivity index (χ2n) is 4.64. The second kappa shape index (κ2) is 6.01. The van der Waals surface area contributed by atoms with Crippen LogP contribution in [0, 0.1) is 0 Å². The second-order valence-corrected chi connectivity index (χ2v) is 4.64. The molecule has 16 heavy (non-hydrogen) atoms. The number of carbonyl (C=O) groups is 1. The first-order valence-electron chi connectivity index (χ1n) is 5.81. The van der Waals surface area contributed by atoms with Crippen molar-refractivity contribution in [1.29, 1.82) is 0 Å². The van der Waals surface area contributed by atoms with Crippen molar-refractivity contribution in [2.24, 2.45) is 0 Å². The minimum atomic E-state index is -0.721. The molecule has 0 aliphatic carbocycles. The van der Waals surface area contributed by atoms with Crippen LogP contribution in [-0.4, -0.2) is 59.6 Å². The van der Waals surface area contributed by atoms with Crippen LogP contribution in [0.15, 0.2) is 12.7 Å². The molecule has 1 aliphatic heterocycles. The highest BCUT2D eigenvalue weighted by Crippen LogP contribution is 2.17. The normalized spacial score (nSPS) is 28.6. The number of hydrogen-bond acceptors (Lipinski definition) is 3. The number of carboxylic acids is 1. The molecule has 2 unspecified atom stereocenters. The third-order valence-electron chi connectivity index (χ3n) is 3.24. The summed E-state index contributed by atoms with van der Waals surface area (Å²) >= 11 is 0. The van der Waals surface area contributed by atoms with Gasteiger partial charge in [-0.2, -0.15) is 0 Å². The van der Waals surface area contributed by atoms with Gasteiger partial charge in [0.1, 0.15) is 0 Å². The summed E-state index contributed by atoms with van der Waals surface area (Å²) in [6, 6.07) is 0.519. The fourth-order valence-corrected chi connectivity index (χ4v) is 2.35. The maximum atomic E-state index is 10.9. The van der Waals surface area contributed by atoms with E-state index in [1.807, 2.05) is 6.08 Å². The molecule has 4 heteroatoms. The van der Waals surface area contributed by atoms with Crippen molar-refractivity contribution in [2.45, 2.75) is 31.8 Å². The first kappa shape index (κ1) is 13.2. The van der Waals surface area contributed by atoms with Crippen molar-refractivity contribution >= 4 is 5.97 Å².